The van der Waals surface area contributed by atoms with Crippen molar-refractivity contribution in [3.05, 3.63) is 88.7 Å². The lowest BCUT2D eigenvalue weighted by atomic mass is 10.1. The standard InChI is InChI=1S/C23H24N6O/c1-16-6-8-18(9-7-16)15-25-20-10-11-21-26-27-22(29(21)28-20)12-13-24-23(30)19-5-3-4-17(2)14-19/h3-11,14H,12-13,15H2,1-2H3,(H,24,30)(H,25,28). The third-order valence-electron chi connectivity index (χ3n) is 4.84. The number of fused-ring (bicyclic) bond motifs is 1. The molecule has 30 heavy (non-hydrogen) atoms. The van der Waals surface area contributed by atoms with Crippen LogP contribution in [-0.2, 0) is 13.0 Å². The van der Waals surface area contributed by atoms with Crippen LogP contribution in [0.25, 0.3) is 5.65 Å². The number of nitrogens with one attached hydrogen (secondary N) is 2. The van der Waals surface area contributed by atoms with Crippen LogP contribution in [0.5, 0.6) is 0 Å². The largest absolute Gasteiger partial charge is 0.365 e. The van der Waals surface area contributed by atoms with Crippen LogP contribution in [0, 0.1) is 13.8 Å². The maximum absolute atomic E-state index is 12.3. The number of aromatic nitrogens is 4. The molecule has 4 rings (SSSR count). The maximum atomic E-state index is 12.3. The van der Waals surface area contributed by atoms with Crippen molar-refractivity contribution >= 4 is 17.4 Å². The van der Waals surface area contributed by atoms with E-state index in [0.717, 1.165) is 11.4 Å². The minimum atomic E-state index is -0.0964. The Morgan fingerprint density at radius 3 is 2.60 bits per heavy atom. The van der Waals surface area contributed by atoms with E-state index in [1.165, 1.54) is 11.1 Å². The summed E-state index contributed by atoms with van der Waals surface area (Å²) in [7, 11) is 0. The third kappa shape index (κ3) is 4.63. The Kier molecular flexibility index (Phi) is 5.70. The minimum absolute atomic E-state index is 0.0964. The van der Waals surface area contributed by atoms with Gasteiger partial charge in [0, 0.05) is 25.1 Å². The molecule has 7 heteroatoms. The number of rotatable bonds is 7. The number of anilines is 1. The lowest BCUT2D eigenvalue weighted by molar-refractivity contribution is 0.0954. The Morgan fingerprint density at radius 2 is 1.80 bits per heavy atom. The summed E-state index contributed by atoms with van der Waals surface area (Å²) in [5.41, 5.74) is 4.81. The molecule has 0 unspecified atom stereocenters. The van der Waals surface area contributed by atoms with Gasteiger partial charge in [-0.2, -0.15) is 4.52 Å². The van der Waals surface area contributed by atoms with Gasteiger partial charge < -0.3 is 10.6 Å². The third-order valence-corrected chi connectivity index (χ3v) is 4.84. The minimum Gasteiger partial charge on any atom is -0.365 e. The van der Waals surface area contributed by atoms with E-state index in [2.05, 4.69) is 57.1 Å². The van der Waals surface area contributed by atoms with Crippen molar-refractivity contribution in [2.75, 3.05) is 11.9 Å². The fraction of sp³-hybridized carbons (Fsp3) is 0.217. The average Bonchev–Trinajstić information content (AvgIpc) is 3.15. The summed E-state index contributed by atoms with van der Waals surface area (Å²) in [6, 6.07) is 19.7. The quantitative estimate of drug-likeness (QED) is 0.497. The molecule has 0 spiro atoms. The summed E-state index contributed by atoms with van der Waals surface area (Å²) < 4.78 is 1.72. The lowest BCUT2D eigenvalue weighted by Gasteiger charge is -2.07. The van der Waals surface area contributed by atoms with Gasteiger partial charge in [-0.05, 0) is 43.7 Å². The Labute approximate surface area is 175 Å². The van der Waals surface area contributed by atoms with Crippen molar-refractivity contribution in [3.8, 4) is 0 Å². The number of benzene rings is 2. The highest BCUT2D eigenvalue weighted by atomic mass is 16.1. The molecular weight excluding hydrogens is 376 g/mol. The van der Waals surface area contributed by atoms with Crippen molar-refractivity contribution in [2.24, 2.45) is 0 Å². The smallest absolute Gasteiger partial charge is 0.251 e. The van der Waals surface area contributed by atoms with Crippen molar-refractivity contribution < 1.29 is 4.79 Å². The van der Waals surface area contributed by atoms with Gasteiger partial charge in [0.2, 0.25) is 0 Å². The highest BCUT2D eigenvalue weighted by Gasteiger charge is 2.10. The van der Waals surface area contributed by atoms with Gasteiger partial charge in [0.05, 0.1) is 0 Å². The molecule has 0 radical (unpaired) electrons. The molecule has 2 aromatic heterocycles. The molecule has 1 amide bonds. The van der Waals surface area contributed by atoms with Crippen molar-refractivity contribution in [2.45, 2.75) is 26.8 Å². The highest BCUT2D eigenvalue weighted by molar-refractivity contribution is 5.94. The average molecular weight is 400 g/mol. The number of hydrogen-bond donors (Lipinski definition) is 2. The Bertz CT molecular complexity index is 1170. The van der Waals surface area contributed by atoms with Gasteiger partial charge in [-0.3, -0.25) is 4.79 Å². The molecule has 0 aliphatic heterocycles. The molecule has 0 saturated carbocycles. The molecule has 0 atom stereocenters. The zero-order valence-electron chi connectivity index (χ0n) is 17.1. The first-order valence-electron chi connectivity index (χ1n) is 9.94. The predicted molar refractivity (Wildman–Crippen MR) is 117 cm³/mol. The van der Waals surface area contributed by atoms with E-state index in [1.807, 2.05) is 43.3 Å². The number of carbonyl (C=O) groups is 1. The maximum Gasteiger partial charge on any atom is 0.251 e. The van der Waals surface area contributed by atoms with Gasteiger partial charge in [-0.15, -0.1) is 15.3 Å². The molecule has 0 aliphatic carbocycles. The molecule has 7 nitrogen and oxygen atoms in total. The van der Waals surface area contributed by atoms with E-state index in [4.69, 9.17) is 0 Å². The molecule has 2 N–H and O–H groups in total. The van der Waals surface area contributed by atoms with Crippen LogP contribution in [-0.4, -0.2) is 32.3 Å². The summed E-state index contributed by atoms with van der Waals surface area (Å²) in [5.74, 6) is 1.35. The summed E-state index contributed by atoms with van der Waals surface area (Å²) in [6.07, 6.45) is 0.535. The zero-order chi connectivity index (χ0) is 20.9. The molecule has 2 aromatic carbocycles. The fourth-order valence-electron chi connectivity index (χ4n) is 3.16. The van der Waals surface area contributed by atoms with Gasteiger partial charge in [-0.1, -0.05) is 47.5 Å². The predicted octanol–water partition coefficient (Wildman–Crippen LogP) is 3.33. The Morgan fingerprint density at radius 1 is 0.967 bits per heavy atom. The van der Waals surface area contributed by atoms with Crippen molar-refractivity contribution in [1.82, 2.24) is 25.1 Å². The van der Waals surface area contributed by atoms with E-state index in [9.17, 15) is 4.79 Å². The molecule has 0 fully saturated rings. The monoisotopic (exact) mass is 400 g/mol. The summed E-state index contributed by atoms with van der Waals surface area (Å²) >= 11 is 0. The molecule has 152 valence electrons. The Hall–Kier alpha value is -3.74. The number of hydrogen-bond acceptors (Lipinski definition) is 5. The lowest BCUT2D eigenvalue weighted by Crippen LogP contribution is -2.26. The first-order chi connectivity index (χ1) is 14.6. The first kappa shape index (κ1) is 19.6. The van der Waals surface area contributed by atoms with E-state index < -0.39 is 0 Å². The number of nitrogens with zero attached hydrogens (tertiary/aromatic N) is 4. The second kappa shape index (κ2) is 8.73. The van der Waals surface area contributed by atoms with Crippen LogP contribution in [0.3, 0.4) is 0 Å². The van der Waals surface area contributed by atoms with E-state index >= 15 is 0 Å². The number of aryl methyl sites for hydroxylation is 2. The highest BCUT2D eigenvalue weighted by Crippen LogP contribution is 2.10. The summed E-state index contributed by atoms with van der Waals surface area (Å²) in [5, 5.41) is 19.3. The summed E-state index contributed by atoms with van der Waals surface area (Å²) in [4.78, 5) is 12.3. The fourth-order valence-corrected chi connectivity index (χ4v) is 3.16. The van der Waals surface area contributed by atoms with Crippen LogP contribution in [0.15, 0.2) is 60.7 Å². The number of amides is 1. The van der Waals surface area contributed by atoms with Crippen LogP contribution in [0.2, 0.25) is 0 Å². The van der Waals surface area contributed by atoms with E-state index in [-0.39, 0.29) is 5.91 Å². The molecule has 2 heterocycles. The first-order valence-corrected chi connectivity index (χ1v) is 9.94. The normalized spacial score (nSPS) is 10.9. The second-order valence-corrected chi connectivity index (χ2v) is 7.32. The van der Waals surface area contributed by atoms with Crippen LogP contribution in [0.4, 0.5) is 5.82 Å². The van der Waals surface area contributed by atoms with Crippen LogP contribution in [0.1, 0.15) is 32.9 Å². The topological polar surface area (TPSA) is 84.2 Å². The zero-order valence-corrected chi connectivity index (χ0v) is 17.1. The van der Waals surface area contributed by atoms with Gasteiger partial charge in [0.25, 0.3) is 5.91 Å². The van der Waals surface area contributed by atoms with E-state index in [0.29, 0.717) is 36.5 Å². The summed E-state index contributed by atoms with van der Waals surface area (Å²) in [6.45, 7) is 5.18. The van der Waals surface area contributed by atoms with Crippen LogP contribution >= 0.6 is 0 Å². The molecule has 0 bridgehead atoms. The van der Waals surface area contributed by atoms with Gasteiger partial charge in [-0.25, -0.2) is 0 Å². The van der Waals surface area contributed by atoms with Crippen molar-refractivity contribution in [3.63, 3.8) is 0 Å². The van der Waals surface area contributed by atoms with Gasteiger partial charge >= 0.3 is 0 Å². The molecule has 0 aliphatic rings. The van der Waals surface area contributed by atoms with Crippen molar-refractivity contribution in [1.29, 1.82) is 0 Å². The van der Waals surface area contributed by atoms with E-state index in [1.54, 1.807) is 4.52 Å². The molecule has 0 saturated heterocycles. The number of carbonyl (C=O) groups excluding carboxylic acids is 1. The SMILES string of the molecule is Cc1ccc(CNc2ccc3nnc(CCNC(=O)c4cccc(C)c4)n3n2)cc1. The van der Waals surface area contributed by atoms with Gasteiger partial charge in [0.15, 0.2) is 11.5 Å². The molecular formula is C23H24N6O. The molecule has 4 aromatic rings. The van der Waals surface area contributed by atoms with Crippen LogP contribution < -0.4 is 10.6 Å². The van der Waals surface area contributed by atoms with Gasteiger partial charge in [0.1, 0.15) is 5.82 Å². The Balaban J connectivity index is 1.38. The second-order valence-electron chi connectivity index (χ2n) is 7.32.